The van der Waals surface area contributed by atoms with Crippen LogP contribution in [-0.4, -0.2) is 29.9 Å². The van der Waals surface area contributed by atoms with E-state index in [2.05, 4.69) is 55.3 Å². The number of rotatable bonds is 9. The molecule has 0 fully saturated rings. The lowest BCUT2D eigenvalue weighted by Gasteiger charge is -2.30. The van der Waals surface area contributed by atoms with Crippen molar-refractivity contribution in [1.82, 2.24) is 10.2 Å². The molecular weight excluding hydrogens is 308 g/mol. The first kappa shape index (κ1) is 19.2. The summed E-state index contributed by atoms with van der Waals surface area (Å²) >= 11 is 0. The van der Waals surface area contributed by atoms with E-state index in [1.54, 1.807) is 0 Å². The highest BCUT2D eigenvalue weighted by molar-refractivity contribution is 5.83. The van der Waals surface area contributed by atoms with Gasteiger partial charge in [-0.15, -0.1) is 0 Å². The molecular formula is C22H30N2O. The predicted octanol–water partition coefficient (Wildman–Crippen LogP) is 4.21. The van der Waals surface area contributed by atoms with Crippen LogP contribution in [0, 0.1) is 0 Å². The van der Waals surface area contributed by atoms with Gasteiger partial charge in [0.15, 0.2) is 0 Å². The van der Waals surface area contributed by atoms with Crippen molar-refractivity contribution in [3.8, 4) is 0 Å². The third-order valence-corrected chi connectivity index (χ3v) is 4.64. The monoisotopic (exact) mass is 338 g/mol. The molecule has 3 heteroatoms. The van der Waals surface area contributed by atoms with Crippen LogP contribution in [0.4, 0.5) is 0 Å². The third-order valence-electron chi connectivity index (χ3n) is 4.64. The summed E-state index contributed by atoms with van der Waals surface area (Å²) in [7, 11) is 0. The summed E-state index contributed by atoms with van der Waals surface area (Å²) in [6.45, 7) is 7.99. The smallest absolute Gasteiger partial charge is 0.242 e. The van der Waals surface area contributed by atoms with Gasteiger partial charge in [-0.1, -0.05) is 74.5 Å². The molecule has 1 amide bonds. The molecule has 134 valence electrons. The first-order chi connectivity index (χ1) is 12.2. The molecule has 0 spiro atoms. The van der Waals surface area contributed by atoms with Gasteiger partial charge >= 0.3 is 0 Å². The van der Waals surface area contributed by atoms with E-state index in [0.717, 1.165) is 31.5 Å². The first-order valence-corrected chi connectivity index (χ1v) is 9.29. The van der Waals surface area contributed by atoms with Gasteiger partial charge < -0.3 is 5.32 Å². The van der Waals surface area contributed by atoms with E-state index in [9.17, 15) is 4.79 Å². The zero-order chi connectivity index (χ0) is 18.1. The summed E-state index contributed by atoms with van der Waals surface area (Å²) in [5, 5.41) is 3.22. The summed E-state index contributed by atoms with van der Waals surface area (Å²) in [5.41, 5.74) is 2.37. The SMILES string of the molecule is CCN(CC)C(C(=O)NC(C)CCc1ccccc1)c1ccccc1. The maximum Gasteiger partial charge on any atom is 0.242 e. The third kappa shape index (κ3) is 5.71. The van der Waals surface area contributed by atoms with Crippen molar-refractivity contribution in [1.29, 1.82) is 0 Å². The number of hydrogen-bond acceptors (Lipinski definition) is 2. The van der Waals surface area contributed by atoms with Gasteiger partial charge in [0, 0.05) is 6.04 Å². The van der Waals surface area contributed by atoms with Gasteiger partial charge in [-0.3, -0.25) is 9.69 Å². The number of benzene rings is 2. The minimum absolute atomic E-state index is 0.0930. The van der Waals surface area contributed by atoms with Crippen molar-refractivity contribution >= 4 is 5.91 Å². The molecule has 0 saturated heterocycles. The van der Waals surface area contributed by atoms with E-state index in [1.807, 2.05) is 36.4 Å². The largest absolute Gasteiger partial charge is 0.352 e. The van der Waals surface area contributed by atoms with Crippen molar-refractivity contribution in [2.45, 2.75) is 45.7 Å². The first-order valence-electron chi connectivity index (χ1n) is 9.29. The number of carbonyl (C=O) groups is 1. The Balaban J connectivity index is 2.01. The van der Waals surface area contributed by atoms with Gasteiger partial charge in [0.1, 0.15) is 6.04 Å². The molecule has 2 rings (SSSR count). The van der Waals surface area contributed by atoms with Crippen LogP contribution in [0.1, 0.15) is 44.4 Å². The maximum atomic E-state index is 13.0. The summed E-state index contributed by atoms with van der Waals surface area (Å²) in [5.74, 6) is 0.0930. The maximum absolute atomic E-state index is 13.0. The van der Waals surface area contributed by atoms with Crippen molar-refractivity contribution in [2.75, 3.05) is 13.1 Å². The van der Waals surface area contributed by atoms with Crippen molar-refractivity contribution in [3.05, 3.63) is 71.8 Å². The zero-order valence-electron chi connectivity index (χ0n) is 15.6. The standard InChI is InChI=1S/C22H30N2O/c1-4-24(5-2)21(20-14-10-7-11-15-20)22(25)23-18(3)16-17-19-12-8-6-9-13-19/h6-15,18,21H,4-5,16-17H2,1-3H3,(H,23,25). The van der Waals surface area contributed by atoms with Gasteiger partial charge in [-0.25, -0.2) is 0 Å². The molecule has 1 N–H and O–H groups in total. The fourth-order valence-electron chi connectivity index (χ4n) is 3.17. The summed E-state index contributed by atoms with van der Waals surface area (Å²) in [6, 6.07) is 20.4. The Hall–Kier alpha value is -2.13. The van der Waals surface area contributed by atoms with E-state index in [4.69, 9.17) is 0 Å². The van der Waals surface area contributed by atoms with E-state index in [-0.39, 0.29) is 18.0 Å². The summed E-state index contributed by atoms with van der Waals surface area (Å²) < 4.78 is 0. The Labute approximate surface area is 152 Å². The van der Waals surface area contributed by atoms with Gasteiger partial charge in [0.2, 0.25) is 5.91 Å². The van der Waals surface area contributed by atoms with Gasteiger partial charge in [0.25, 0.3) is 0 Å². The normalized spacial score (nSPS) is 13.4. The molecule has 0 radical (unpaired) electrons. The molecule has 0 aliphatic rings. The molecule has 2 aromatic rings. The predicted molar refractivity (Wildman–Crippen MR) is 104 cm³/mol. The number of nitrogens with one attached hydrogen (secondary N) is 1. The van der Waals surface area contributed by atoms with Crippen LogP contribution in [-0.2, 0) is 11.2 Å². The fourth-order valence-corrected chi connectivity index (χ4v) is 3.17. The van der Waals surface area contributed by atoms with Crippen LogP contribution < -0.4 is 5.32 Å². The highest BCUT2D eigenvalue weighted by Gasteiger charge is 2.26. The second-order valence-corrected chi connectivity index (χ2v) is 6.47. The lowest BCUT2D eigenvalue weighted by molar-refractivity contribution is -0.127. The van der Waals surface area contributed by atoms with Crippen LogP contribution in [0.3, 0.4) is 0 Å². The van der Waals surface area contributed by atoms with Crippen molar-refractivity contribution < 1.29 is 4.79 Å². The Kier molecular flexibility index (Phi) is 7.68. The molecule has 2 aromatic carbocycles. The molecule has 2 atom stereocenters. The zero-order valence-corrected chi connectivity index (χ0v) is 15.6. The van der Waals surface area contributed by atoms with E-state index in [0.29, 0.717) is 0 Å². The van der Waals surface area contributed by atoms with Crippen LogP contribution in [0.15, 0.2) is 60.7 Å². The Morgan fingerprint density at radius 2 is 1.52 bits per heavy atom. The highest BCUT2D eigenvalue weighted by Crippen LogP contribution is 2.21. The van der Waals surface area contributed by atoms with Crippen molar-refractivity contribution in [3.63, 3.8) is 0 Å². The number of hydrogen-bond donors (Lipinski definition) is 1. The highest BCUT2D eigenvalue weighted by atomic mass is 16.2. The molecule has 0 heterocycles. The molecule has 0 bridgehead atoms. The Morgan fingerprint density at radius 3 is 2.08 bits per heavy atom. The number of aryl methyl sites for hydroxylation is 1. The number of nitrogens with zero attached hydrogens (tertiary/aromatic N) is 1. The minimum atomic E-state index is -0.227. The van der Waals surface area contributed by atoms with Crippen LogP contribution >= 0.6 is 0 Å². The number of carbonyl (C=O) groups excluding carboxylic acids is 1. The molecule has 0 aromatic heterocycles. The van der Waals surface area contributed by atoms with Gasteiger partial charge in [0.05, 0.1) is 0 Å². The Morgan fingerprint density at radius 1 is 0.960 bits per heavy atom. The van der Waals surface area contributed by atoms with E-state index in [1.165, 1.54) is 5.56 Å². The Bertz CT molecular complexity index is 623. The molecule has 0 saturated carbocycles. The molecule has 2 unspecified atom stereocenters. The molecule has 0 aliphatic heterocycles. The lowest BCUT2D eigenvalue weighted by atomic mass is 10.0. The topological polar surface area (TPSA) is 32.3 Å². The van der Waals surface area contributed by atoms with E-state index >= 15 is 0 Å². The molecule has 3 nitrogen and oxygen atoms in total. The van der Waals surface area contributed by atoms with Crippen LogP contribution in [0.25, 0.3) is 0 Å². The molecule has 0 aliphatic carbocycles. The second-order valence-electron chi connectivity index (χ2n) is 6.47. The average molecular weight is 338 g/mol. The van der Waals surface area contributed by atoms with E-state index < -0.39 is 0 Å². The van der Waals surface area contributed by atoms with Crippen LogP contribution in [0.2, 0.25) is 0 Å². The minimum Gasteiger partial charge on any atom is -0.352 e. The number of amides is 1. The van der Waals surface area contributed by atoms with Crippen LogP contribution in [0.5, 0.6) is 0 Å². The summed E-state index contributed by atoms with van der Waals surface area (Å²) in [6.07, 6.45) is 1.92. The van der Waals surface area contributed by atoms with Crippen molar-refractivity contribution in [2.24, 2.45) is 0 Å². The summed E-state index contributed by atoms with van der Waals surface area (Å²) in [4.78, 5) is 15.2. The van der Waals surface area contributed by atoms with Gasteiger partial charge in [-0.05, 0) is 44.0 Å². The second kappa shape index (κ2) is 10.00. The molecule has 25 heavy (non-hydrogen) atoms. The van der Waals surface area contributed by atoms with Gasteiger partial charge in [-0.2, -0.15) is 0 Å². The number of likely N-dealkylation sites (N-methyl/N-ethyl adjacent to an activating group) is 1. The lowest BCUT2D eigenvalue weighted by Crippen LogP contribution is -2.43. The average Bonchev–Trinajstić information content (AvgIpc) is 2.65. The quantitative estimate of drug-likeness (QED) is 0.743. The fraction of sp³-hybridized carbons (Fsp3) is 0.409.